The van der Waals surface area contributed by atoms with E-state index in [4.69, 9.17) is 5.73 Å². The lowest BCUT2D eigenvalue weighted by Crippen LogP contribution is -2.42. The average molecular weight is 431 g/mol. The highest BCUT2D eigenvalue weighted by Gasteiger charge is 2.27. The fourth-order valence-corrected chi connectivity index (χ4v) is 3.84. The second kappa shape index (κ2) is 8.22. The molecular formula is C22H24F3N5O. The number of aliphatic hydroxyl groups is 1. The Morgan fingerprint density at radius 2 is 1.97 bits per heavy atom. The van der Waals surface area contributed by atoms with Crippen LogP contribution < -0.4 is 16.0 Å². The molecule has 2 aromatic carbocycles. The van der Waals surface area contributed by atoms with Crippen molar-refractivity contribution in [3.8, 4) is 0 Å². The van der Waals surface area contributed by atoms with Crippen LogP contribution in [0.3, 0.4) is 0 Å². The molecule has 1 aliphatic heterocycles. The normalized spacial score (nSPS) is 16.1. The first-order chi connectivity index (χ1) is 14.7. The van der Waals surface area contributed by atoms with Crippen LogP contribution in [-0.4, -0.2) is 34.0 Å². The fourth-order valence-electron chi connectivity index (χ4n) is 3.84. The first-order valence-corrected chi connectivity index (χ1v) is 10.1. The lowest BCUT2D eigenvalue weighted by atomic mass is 9.93. The first-order valence-electron chi connectivity index (χ1n) is 10.1. The zero-order chi connectivity index (χ0) is 22.2. The molecule has 0 amide bonds. The number of aromatic nitrogens is 2. The molecule has 9 heteroatoms. The number of benzene rings is 2. The molecule has 1 saturated heterocycles. The standard InChI is InChI=1S/C22H24F3N5O/c1-22(31)4-6-30(7-5-22)15-2-3-18-16(10-15)19(12-28-29-18)27-11-13-8-14(26)9-17(20(13)23)21(24)25/h2-3,8-10,12,21,31H,4-7,11,26H2,1H3,(H,27,29). The maximum Gasteiger partial charge on any atom is 0.266 e. The number of hydrogen-bond donors (Lipinski definition) is 3. The second-order valence-corrected chi connectivity index (χ2v) is 8.18. The summed E-state index contributed by atoms with van der Waals surface area (Å²) in [6.45, 7) is 3.26. The summed E-state index contributed by atoms with van der Waals surface area (Å²) in [7, 11) is 0. The van der Waals surface area contributed by atoms with Crippen LogP contribution in [0.1, 0.15) is 37.3 Å². The van der Waals surface area contributed by atoms with Gasteiger partial charge in [0.15, 0.2) is 0 Å². The minimum atomic E-state index is -2.95. The van der Waals surface area contributed by atoms with E-state index < -0.39 is 23.4 Å². The summed E-state index contributed by atoms with van der Waals surface area (Å²) in [5, 5.41) is 22.2. The molecule has 4 rings (SSSR count). The summed E-state index contributed by atoms with van der Waals surface area (Å²) < 4.78 is 40.6. The highest BCUT2D eigenvalue weighted by atomic mass is 19.3. The van der Waals surface area contributed by atoms with E-state index >= 15 is 0 Å². The Hall–Kier alpha value is -3.07. The third-order valence-electron chi connectivity index (χ3n) is 5.73. The third-order valence-corrected chi connectivity index (χ3v) is 5.73. The molecular weight excluding hydrogens is 407 g/mol. The molecule has 0 unspecified atom stereocenters. The minimum absolute atomic E-state index is 0.0335. The van der Waals surface area contributed by atoms with Crippen molar-refractivity contribution in [2.45, 2.75) is 38.3 Å². The SMILES string of the molecule is CC1(O)CCN(c2ccc3nncc(NCc4cc(N)cc(C(F)F)c4F)c3c2)CC1. The number of alkyl halides is 2. The molecule has 1 aromatic heterocycles. The summed E-state index contributed by atoms with van der Waals surface area (Å²) in [6, 6.07) is 8.07. The number of nitrogens with two attached hydrogens (primary N) is 1. The van der Waals surface area contributed by atoms with Gasteiger partial charge in [-0.15, -0.1) is 0 Å². The van der Waals surface area contributed by atoms with Crippen LogP contribution >= 0.6 is 0 Å². The van der Waals surface area contributed by atoms with Gasteiger partial charge in [-0.2, -0.15) is 10.2 Å². The Morgan fingerprint density at radius 3 is 2.68 bits per heavy atom. The Labute approximate surface area is 177 Å². The van der Waals surface area contributed by atoms with Gasteiger partial charge >= 0.3 is 0 Å². The van der Waals surface area contributed by atoms with E-state index in [-0.39, 0.29) is 17.8 Å². The Balaban J connectivity index is 1.60. The van der Waals surface area contributed by atoms with Crippen LogP contribution in [0.4, 0.5) is 30.2 Å². The maximum absolute atomic E-state index is 14.5. The number of nitrogens with one attached hydrogen (secondary N) is 1. The molecule has 0 saturated carbocycles. The van der Waals surface area contributed by atoms with Crippen molar-refractivity contribution < 1.29 is 18.3 Å². The second-order valence-electron chi connectivity index (χ2n) is 8.18. The monoisotopic (exact) mass is 431 g/mol. The topological polar surface area (TPSA) is 87.3 Å². The predicted molar refractivity (Wildman–Crippen MR) is 115 cm³/mol. The number of nitrogens with zero attached hydrogens (tertiary/aromatic N) is 3. The Kier molecular flexibility index (Phi) is 5.62. The van der Waals surface area contributed by atoms with E-state index in [1.807, 2.05) is 25.1 Å². The van der Waals surface area contributed by atoms with Crippen molar-refractivity contribution in [3.05, 3.63) is 53.5 Å². The van der Waals surface area contributed by atoms with E-state index in [1.54, 1.807) is 0 Å². The highest BCUT2D eigenvalue weighted by molar-refractivity contribution is 5.92. The lowest BCUT2D eigenvalue weighted by Gasteiger charge is -2.37. The van der Waals surface area contributed by atoms with Crippen molar-refractivity contribution >= 4 is 28.0 Å². The Morgan fingerprint density at radius 1 is 1.23 bits per heavy atom. The van der Waals surface area contributed by atoms with Crippen molar-refractivity contribution in [2.75, 3.05) is 29.0 Å². The third kappa shape index (κ3) is 4.51. The van der Waals surface area contributed by atoms with Crippen LogP contribution in [0.25, 0.3) is 10.9 Å². The van der Waals surface area contributed by atoms with Gasteiger partial charge in [0.25, 0.3) is 6.43 Å². The summed E-state index contributed by atoms with van der Waals surface area (Å²) in [4.78, 5) is 2.19. The smallest absolute Gasteiger partial charge is 0.266 e. The van der Waals surface area contributed by atoms with Crippen LogP contribution in [-0.2, 0) is 6.54 Å². The van der Waals surface area contributed by atoms with Gasteiger partial charge in [-0.1, -0.05) is 0 Å². The molecule has 0 radical (unpaired) electrons. The molecule has 0 atom stereocenters. The Bertz CT molecular complexity index is 1100. The zero-order valence-corrected chi connectivity index (χ0v) is 17.1. The quantitative estimate of drug-likeness (QED) is 0.524. The van der Waals surface area contributed by atoms with Gasteiger partial charge < -0.3 is 21.1 Å². The molecule has 4 N–H and O–H groups in total. The van der Waals surface area contributed by atoms with E-state index in [2.05, 4.69) is 20.4 Å². The number of halogens is 3. The van der Waals surface area contributed by atoms with Gasteiger partial charge in [-0.05, 0) is 50.1 Å². The number of piperidine rings is 1. The number of nitrogen functional groups attached to an aromatic ring is 1. The van der Waals surface area contributed by atoms with Crippen molar-refractivity contribution in [1.82, 2.24) is 10.2 Å². The highest BCUT2D eigenvalue weighted by Crippen LogP contribution is 2.31. The van der Waals surface area contributed by atoms with E-state index in [1.165, 1.54) is 12.3 Å². The molecule has 2 heterocycles. The van der Waals surface area contributed by atoms with Gasteiger partial charge in [0.05, 0.1) is 28.6 Å². The molecule has 1 aliphatic rings. The average Bonchev–Trinajstić information content (AvgIpc) is 2.73. The number of rotatable bonds is 5. The molecule has 6 nitrogen and oxygen atoms in total. The summed E-state index contributed by atoms with van der Waals surface area (Å²) in [5.74, 6) is -0.968. The number of fused-ring (bicyclic) bond motifs is 1. The minimum Gasteiger partial charge on any atom is -0.399 e. The van der Waals surface area contributed by atoms with E-state index in [9.17, 15) is 18.3 Å². The van der Waals surface area contributed by atoms with E-state index in [0.717, 1.165) is 30.2 Å². The van der Waals surface area contributed by atoms with Crippen LogP contribution in [0.15, 0.2) is 36.5 Å². The van der Waals surface area contributed by atoms with Gasteiger partial charge in [0, 0.05) is 42.0 Å². The summed E-state index contributed by atoms with van der Waals surface area (Å²) >= 11 is 0. The van der Waals surface area contributed by atoms with E-state index in [0.29, 0.717) is 24.0 Å². The molecule has 1 fully saturated rings. The predicted octanol–water partition coefficient (Wildman–Crippen LogP) is 4.25. The molecule has 164 valence electrons. The summed E-state index contributed by atoms with van der Waals surface area (Å²) in [6.07, 6.45) is -0.0815. The lowest BCUT2D eigenvalue weighted by molar-refractivity contribution is 0.0351. The molecule has 3 aromatic rings. The molecule has 0 aliphatic carbocycles. The summed E-state index contributed by atoms with van der Waals surface area (Å²) in [5.41, 5.74) is 6.68. The zero-order valence-electron chi connectivity index (χ0n) is 17.1. The van der Waals surface area contributed by atoms with Crippen LogP contribution in [0.2, 0.25) is 0 Å². The van der Waals surface area contributed by atoms with Crippen molar-refractivity contribution in [3.63, 3.8) is 0 Å². The molecule has 0 spiro atoms. The van der Waals surface area contributed by atoms with Gasteiger partial charge in [-0.25, -0.2) is 13.2 Å². The van der Waals surface area contributed by atoms with Crippen molar-refractivity contribution in [2.24, 2.45) is 0 Å². The molecule has 0 bridgehead atoms. The van der Waals surface area contributed by atoms with Crippen LogP contribution in [0.5, 0.6) is 0 Å². The van der Waals surface area contributed by atoms with Crippen molar-refractivity contribution in [1.29, 1.82) is 0 Å². The van der Waals surface area contributed by atoms with Gasteiger partial charge in [0.1, 0.15) is 5.82 Å². The first kappa shape index (κ1) is 21.2. The largest absolute Gasteiger partial charge is 0.399 e. The number of hydrogen-bond acceptors (Lipinski definition) is 6. The maximum atomic E-state index is 14.5. The van der Waals surface area contributed by atoms with Crippen LogP contribution in [0, 0.1) is 5.82 Å². The number of anilines is 3. The van der Waals surface area contributed by atoms with Gasteiger partial charge in [0.2, 0.25) is 0 Å². The fraction of sp³-hybridized carbons (Fsp3) is 0.364. The molecule has 31 heavy (non-hydrogen) atoms. The van der Waals surface area contributed by atoms with Gasteiger partial charge in [-0.3, -0.25) is 0 Å².